The lowest BCUT2D eigenvalue weighted by atomic mass is 10.1. The van der Waals surface area contributed by atoms with Gasteiger partial charge in [0, 0.05) is 10.4 Å². The molecular weight excluding hydrogens is 338 g/mol. The fourth-order valence-corrected chi connectivity index (χ4v) is 3.51. The molecule has 0 bridgehead atoms. The van der Waals surface area contributed by atoms with Gasteiger partial charge in [-0.1, -0.05) is 13.3 Å². The molecule has 1 aliphatic heterocycles. The number of unbranched alkanes of at least 4 members (excludes halogenated alkanes) is 1. The van der Waals surface area contributed by atoms with Crippen LogP contribution in [0, 0.1) is 6.92 Å². The number of nitrogens with zero attached hydrogens (tertiary/aromatic N) is 2. The summed E-state index contributed by atoms with van der Waals surface area (Å²) < 4.78 is 11.0. The van der Waals surface area contributed by atoms with Gasteiger partial charge in [-0.05, 0) is 31.5 Å². The number of fused-ring (bicyclic) bond motifs is 1. The van der Waals surface area contributed by atoms with E-state index < -0.39 is 0 Å². The molecule has 3 rings (SSSR count). The molecule has 0 saturated heterocycles. The maximum Gasteiger partial charge on any atom is 0.325 e. The average Bonchev–Trinajstić information content (AvgIpc) is 2.93. The first-order valence-electron chi connectivity index (χ1n) is 8.49. The third kappa shape index (κ3) is 4.04. The van der Waals surface area contributed by atoms with Gasteiger partial charge in [-0.25, -0.2) is 4.98 Å². The van der Waals surface area contributed by atoms with E-state index in [0.717, 1.165) is 40.4 Å². The van der Waals surface area contributed by atoms with Crippen molar-refractivity contribution in [1.82, 2.24) is 4.98 Å². The summed E-state index contributed by atoms with van der Waals surface area (Å²) in [6, 6.07) is 5.91. The fraction of sp³-hybridized carbons (Fsp3) is 0.444. The number of benzene rings is 1. The second-order valence-corrected chi connectivity index (χ2v) is 7.22. The average molecular weight is 361 g/mol. The first-order valence-corrected chi connectivity index (χ1v) is 9.31. The van der Waals surface area contributed by atoms with Crippen LogP contribution in [0.3, 0.4) is 0 Å². The van der Waals surface area contributed by atoms with E-state index in [1.54, 1.807) is 0 Å². The molecule has 2 heterocycles. The van der Waals surface area contributed by atoms with Gasteiger partial charge in [0.1, 0.15) is 18.9 Å². The maximum absolute atomic E-state index is 12.1. The highest BCUT2D eigenvalue weighted by molar-refractivity contribution is 7.15. The molecule has 0 amide bonds. The van der Waals surface area contributed by atoms with Gasteiger partial charge in [-0.15, -0.1) is 11.3 Å². The number of esters is 1. The molecular formula is C18H23N3O3S. The number of thiazole rings is 1. The monoisotopic (exact) mass is 361 g/mol. The lowest BCUT2D eigenvalue weighted by molar-refractivity contribution is -0.142. The van der Waals surface area contributed by atoms with Crippen LogP contribution in [-0.4, -0.2) is 37.3 Å². The Balaban J connectivity index is 1.81. The highest BCUT2D eigenvalue weighted by Gasteiger charge is 2.22. The van der Waals surface area contributed by atoms with Crippen LogP contribution >= 0.6 is 11.3 Å². The Morgan fingerprint density at radius 3 is 3.04 bits per heavy atom. The number of carbonyl (C=O) groups excluding carboxylic acids is 1. The van der Waals surface area contributed by atoms with Crippen LogP contribution in [0.5, 0.6) is 5.75 Å². The third-order valence-electron chi connectivity index (χ3n) is 4.09. The van der Waals surface area contributed by atoms with Crippen LogP contribution in [-0.2, 0) is 9.53 Å². The van der Waals surface area contributed by atoms with E-state index in [4.69, 9.17) is 15.2 Å². The Labute approximate surface area is 151 Å². The molecule has 0 radical (unpaired) electrons. The summed E-state index contributed by atoms with van der Waals surface area (Å²) in [6.07, 6.45) is 1.90. The Hall–Kier alpha value is -2.28. The van der Waals surface area contributed by atoms with Gasteiger partial charge in [0.15, 0.2) is 5.13 Å². The molecule has 134 valence electrons. The lowest BCUT2D eigenvalue weighted by Gasteiger charge is -2.30. The number of aromatic nitrogens is 1. The molecule has 1 aliphatic rings. The highest BCUT2D eigenvalue weighted by atomic mass is 32.1. The van der Waals surface area contributed by atoms with Crippen molar-refractivity contribution in [1.29, 1.82) is 0 Å². The first kappa shape index (κ1) is 17.5. The second-order valence-electron chi connectivity index (χ2n) is 5.98. The van der Waals surface area contributed by atoms with Crippen LogP contribution in [0.2, 0.25) is 0 Å². The van der Waals surface area contributed by atoms with Crippen LogP contribution < -0.4 is 15.4 Å². The van der Waals surface area contributed by atoms with E-state index in [9.17, 15) is 4.79 Å². The van der Waals surface area contributed by atoms with E-state index in [1.165, 1.54) is 11.3 Å². The number of carbonyl (C=O) groups is 1. The molecule has 0 atom stereocenters. The molecule has 0 saturated carbocycles. The van der Waals surface area contributed by atoms with Gasteiger partial charge in [0.25, 0.3) is 0 Å². The van der Waals surface area contributed by atoms with Gasteiger partial charge < -0.3 is 20.1 Å². The van der Waals surface area contributed by atoms with E-state index >= 15 is 0 Å². The Kier molecular flexibility index (Phi) is 5.43. The quantitative estimate of drug-likeness (QED) is 0.629. The molecule has 2 aromatic rings. The molecule has 0 unspecified atom stereocenters. The minimum absolute atomic E-state index is 0.208. The van der Waals surface area contributed by atoms with Gasteiger partial charge in [-0.2, -0.15) is 0 Å². The number of nitrogen functional groups attached to an aromatic ring is 1. The summed E-state index contributed by atoms with van der Waals surface area (Å²) in [5, 5.41) is 0.554. The van der Waals surface area contributed by atoms with E-state index in [-0.39, 0.29) is 12.5 Å². The SMILES string of the molecule is CCCCOC(=O)CN1CCOc2ccc(-c3nc(N)sc3C)cc21. The molecule has 7 heteroatoms. The summed E-state index contributed by atoms with van der Waals surface area (Å²) in [6.45, 7) is 5.98. The molecule has 1 aromatic heterocycles. The molecule has 1 aromatic carbocycles. The van der Waals surface area contributed by atoms with Crippen molar-refractivity contribution >= 4 is 28.1 Å². The number of aryl methyl sites for hydroxylation is 1. The Bertz CT molecular complexity index is 760. The van der Waals surface area contributed by atoms with Crippen molar-refractivity contribution in [3.63, 3.8) is 0 Å². The van der Waals surface area contributed by atoms with E-state index in [2.05, 4.69) is 11.9 Å². The van der Waals surface area contributed by atoms with Crippen LogP contribution in [0.15, 0.2) is 18.2 Å². The number of ether oxygens (including phenoxy) is 2. The maximum atomic E-state index is 12.1. The molecule has 0 aliphatic carbocycles. The number of nitrogens with two attached hydrogens (primary N) is 1. The summed E-state index contributed by atoms with van der Waals surface area (Å²) in [5.74, 6) is 0.568. The van der Waals surface area contributed by atoms with Gasteiger partial charge in [0.2, 0.25) is 0 Å². The topological polar surface area (TPSA) is 77.7 Å². The van der Waals surface area contributed by atoms with Crippen molar-refractivity contribution in [2.24, 2.45) is 0 Å². The zero-order valence-corrected chi connectivity index (χ0v) is 15.4. The van der Waals surface area contributed by atoms with Crippen molar-refractivity contribution in [2.45, 2.75) is 26.7 Å². The minimum Gasteiger partial charge on any atom is -0.490 e. The summed E-state index contributed by atoms with van der Waals surface area (Å²) in [5.41, 5.74) is 8.56. The number of anilines is 2. The van der Waals surface area contributed by atoms with Crippen molar-refractivity contribution < 1.29 is 14.3 Å². The van der Waals surface area contributed by atoms with Crippen LogP contribution in [0.25, 0.3) is 11.3 Å². The van der Waals surface area contributed by atoms with Crippen molar-refractivity contribution in [3.8, 4) is 17.0 Å². The lowest BCUT2D eigenvalue weighted by Crippen LogP contribution is -2.37. The highest BCUT2D eigenvalue weighted by Crippen LogP contribution is 2.37. The van der Waals surface area contributed by atoms with Crippen molar-refractivity contribution in [3.05, 3.63) is 23.1 Å². The largest absolute Gasteiger partial charge is 0.490 e. The summed E-state index contributed by atoms with van der Waals surface area (Å²) >= 11 is 1.47. The first-order chi connectivity index (χ1) is 12.1. The number of hydrogen-bond acceptors (Lipinski definition) is 7. The van der Waals surface area contributed by atoms with Gasteiger partial charge >= 0.3 is 5.97 Å². The number of rotatable bonds is 6. The van der Waals surface area contributed by atoms with Crippen LogP contribution in [0.4, 0.5) is 10.8 Å². The van der Waals surface area contributed by atoms with Gasteiger partial charge in [-0.3, -0.25) is 4.79 Å². The fourth-order valence-electron chi connectivity index (χ4n) is 2.80. The normalized spacial score (nSPS) is 13.3. The molecule has 2 N–H and O–H groups in total. The molecule has 25 heavy (non-hydrogen) atoms. The van der Waals surface area contributed by atoms with E-state index in [0.29, 0.717) is 24.9 Å². The second kappa shape index (κ2) is 7.74. The minimum atomic E-state index is -0.208. The Morgan fingerprint density at radius 1 is 1.48 bits per heavy atom. The van der Waals surface area contributed by atoms with Crippen molar-refractivity contribution in [2.75, 3.05) is 36.9 Å². The van der Waals surface area contributed by atoms with Crippen LogP contribution in [0.1, 0.15) is 24.6 Å². The third-order valence-corrected chi connectivity index (χ3v) is 4.89. The zero-order valence-electron chi connectivity index (χ0n) is 14.6. The number of hydrogen-bond donors (Lipinski definition) is 1. The smallest absolute Gasteiger partial charge is 0.325 e. The predicted octanol–water partition coefficient (Wildman–Crippen LogP) is 3.24. The standard InChI is InChI=1S/C18H23N3O3S/c1-3-4-8-24-16(22)11-21-7-9-23-15-6-5-13(10-14(15)21)17-12(2)25-18(19)20-17/h5-6,10H,3-4,7-9,11H2,1-2H3,(H2,19,20). The van der Waals surface area contributed by atoms with Gasteiger partial charge in [0.05, 0.1) is 24.5 Å². The zero-order chi connectivity index (χ0) is 17.8. The molecule has 0 spiro atoms. The van der Waals surface area contributed by atoms with E-state index in [1.807, 2.05) is 30.0 Å². The summed E-state index contributed by atoms with van der Waals surface area (Å²) in [7, 11) is 0. The summed E-state index contributed by atoms with van der Waals surface area (Å²) in [4.78, 5) is 19.6. The predicted molar refractivity (Wildman–Crippen MR) is 100 cm³/mol. The molecule has 6 nitrogen and oxygen atoms in total. The Morgan fingerprint density at radius 2 is 2.32 bits per heavy atom. The molecule has 0 fully saturated rings.